The third kappa shape index (κ3) is 3.41. The summed E-state index contributed by atoms with van der Waals surface area (Å²) in [6, 6.07) is 2.60. The summed E-state index contributed by atoms with van der Waals surface area (Å²) in [6.07, 6.45) is 0.463. The normalized spacial score (nSPS) is 12.0. The molecule has 1 unspecified atom stereocenters. The zero-order valence-corrected chi connectivity index (χ0v) is 10.1. The van der Waals surface area contributed by atoms with Crippen LogP contribution in [0, 0.1) is 5.21 Å². The van der Waals surface area contributed by atoms with Crippen molar-refractivity contribution in [1.82, 2.24) is 0 Å². The molecule has 0 aliphatic carbocycles. The van der Waals surface area contributed by atoms with Crippen LogP contribution in [0.25, 0.3) is 0 Å². The van der Waals surface area contributed by atoms with Crippen LogP contribution < -0.4 is 14.7 Å². The molecule has 0 bridgehead atoms. The Morgan fingerprint density at radius 1 is 1.33 bits per heavy atom. The lowest BCUT2D eigenvalue weighted by atomic mass is 10.1. The molecule has 7 nitrogen and oxygen atoms in total. The topological polar surface area (TPSA) is 92.5 Å². The Hall–Kier alpha value is -1.67. The SMILES string of the molecule is COCCOc1cc([NH+]([O-])O)c(C=O)cc1OC. The molecular weight excluding hydrogens is 242 g/mol. The molecule has 0 aromatic heterocycles. The summed E-state index contributed by atoms with van der Waals surface area (Å²) >= 11 is 0. The van der Waals surface area contributed by atoms with Crippen molar-refractivity contribution in [2.45, 2.75) is 0 Å². The zero-order chi connectivity index (χ0) is 13.5. The van der Waals surface area contributed by atoms with E-state index >= 15 is 0 Å². The van der Waals surface area contributed by atoms with Gasteiger partial charge in [-0.25, -0.2) is 5.21 Å². The Bertz CT molecular complexity index is 407. The number of benzene rings is 1. The zero-order valence-electron chi connectivity index (χ0n) is 10.1. The average Bonchev–Trinajstić information content (AvgIpc) is 2.38. The lowest BCUT2D eigenvalue weighted by Crippen LogP contribution is -2.99. The van der Waals surface area contributed by atoms with Crippen molar-refractivity contribution in [2.75, 3.05) is 27.4 Å². The van der Waals surface area contributed by atoms with Crippen molar-refractivity contribution in [3.8, 4) is 11.5 Å². The van der Waals surface area contributed by atoms with Gasteiger partial charge in [0.25, 0.3) is 0 Å². The Morgan fingerprint density at radius 3 is 2.56 bits per heavy atom. The van der Waals surface area contributed by atoms with Gasteiger partial charge < -0.3 is 19.4 Å². The first-order valence-corrected chi connectivity index (χ1v) is 5.16. The number of nitrogens with one attached hydrogen (secondary N) is 1. The van der Waals surface area contributed by atoms with Crippen LogP contribution in [-0.2, 0) is 4.74 Å². The smallest absolute Gasteiger partial charge is 0.178 e. The minimum absolute atomic E-state index is 0.0402. The third-order valence-corrected chi connectivity index (χ3v) is 2.24. The maximum atomic E-state index is 11.0. The van der Waals surface area contributed by atoms with Crippen LogP contribution in [0.4, 0.5) is 5.69 Å². The summed E-state index contributed by atoms with van der Waals surface area (Å²) in [5, 5.41) is 18.8. The van der Waals surface area contributed by atoms with Crippen LogP contribution in [0.5, 0.6) is 11.5 Å². The number of aldehydes is 1. The van der Waals surface area contributed by atoms with E-state index in [1.165, 1.54) is 26.4 Å². The predicted octanol–water partition coefficient (Wildman–Crippen LogP) is -0.0637. The quantitative estimate of drug-likeness (QED) is 0.404. The van der Waals surface area contributed by atoms with Crippen molar-refractivity contribution in [3.63, 3.8) is 0 Å². The van der Waals surface area contributed by atoms with Gasteiger partial charge in [-0.15, -0.1) is 0 Å². The van der Waals surface area contributed by atoms with E-state index in [1.807, 2.05) is 0 Å². The maximum absolute atomic E-state index is 11.0. The molecule has 100 valence electrons. The molecule has 0 spiro atoms. The molecule has 1 aromatic carbocycles. The third-order valence-electron chi connectivity index (χ3n) is 2.24. The average molecular weight is 257 g/mol. The summed E-state index contributed by atoms with van der Waals surface area (Å²) < 4.78 is 15.2. The summed E-state index contributed by atoms with van der Waals surface area (Å²) in [4.78, 5) is 10.8. The standard InChI is InChI=1S/C11H15NO6/c1-16-3-4-18-11-6-9(12(14)15)8(7-13)5-10(11)17-2/h5-7,12,14H,3-4H2,1-2H3. The van der Waals surface area contributed by atoms with Gasteiger partial charge in [0, 0.05) is 19.2 Å². The summed E-state index contributed by atoms with van der Waals surface area (Å²) in [7, 11) is 2.94. The highest BCUT2D eigenvalue weighted by Crippen LogP contribution is 2.31. The molecule has 0 aliphatic heterocycles. The van der Waals surface area contributed by atoms with E-state index < -0.39 is 5.23 Å². The molecule has 1 rings (SSSR count). The number of methoxy groups -OCH3 is 2. The molecule has 0 saturated carbocycles. The molecule has 0 heterocycles. The Kier molecular flexibility index (Phi) is 5.53. The van der Waals surface area contributed by atoms with E-state index in [2.05, 4.69) is 0 Å². The molecule has 0 saturated heterocycles. The van der Waals surface area contributed by atoms with Gasteiger partial charge in [0.05, 0.1) is 19.3 Å². The molecule has 18 heavy (non-hydrogen) atoms. The number of carbonyl (C=O) groups excluding carboxylic acids is 1. The van der Waals surface area contributed by atoms with Crippen LogP contribution in [-0.4, -0.2) is 38.9 Å². The van der Waals surface area contributed by atoms with Crippen LogP contribution >= 0.6 is 0 Å². The Labute approximate surface area is 104 Å². The van der Waals surface area contributed by atoms with Crippen molar-refractivity contribution in [2.24, 2.45) is 0 Å². The van der Waals surface area contributed by atoms with Crippen molar-refractivity contribution in [1.29, 1.82) is 0 Å². The first-order chi connectivity index (χ1) is 8.63. The minimum atomic E-state index is -1.20. The lowest BCUT2D eigenvalue weighted by molar-refractivity contribution is -0.991. The first-order valence-electron chi connectivity index (χ1n) is 5.16. The van der Waals surface area contributed by atoms with Gasteiger partial charge in [-0.1, -0.05) is 0 Å². The number of rotatable bonds is 7. The molecule has 0 fully saturated rings. The van der Waals surface area contributed by atoms with Gasteiger partial charge in [-0.3, -0.25) is 4.79 Å². The van der Waals surface area contributed by atoms with Crippen LogP contribution in [0.1, 0.15) is 10.4 Å². The van der Waals surface area contributed by atoms with Crippen LogP contribution in [0.15, 0.2) is 12.1 Å². The second-order valence-corrected chi connectivity index (χ2v) is 3.35. The van der Waals surface area contributed by atoms with E-state index in [9.17, 15) is 10.0 Å². The van der Waals surface area contributed by atoms with E-state index in [1.54, 1.807) is 0 Å². The van der Waals surface area contributed by atoms with Gasteiger partial charge in [0.15, 0.2) is 23.5 Å². The fraction of sp³-hybridized carbons (Fsp3) is 0.364. The Morgan fingerprint density at radius 2 is 2.06 bits per heavy atom. The van der Waals surface area contributed by atoms with Crippen LogP contribution in [0.2, 0.25) is 0 Å². The fourth-order valence-corrected chi connectivity index (χ4v) is 1.37. The molecule has 1 aromatic rings. The lowest BCUT2D eigenvalue weighted by Gasteiger charge is -2.17. The van der Waals surface area contributed by atoms with Gasteiger partial charge in [-0.05, 0) is 0 Å². The Balaban J connectivity index is 3.06. The number of carbonyl (C=O) groups is 1. The highest BCUT2D eigenvalue weighted by Gasteiger charge is 2.16. The fourth-order valence-electron chi connectivity index (χ4n) is 1.37. The molecule has 1 atom stereocenters. The minimum Gasteiger partial charge on any atom is -0.595 e. The maximum Gasteiger partial charge on any atom is 0.178 e. The molecule has 0 aliphatic rings. The van der Waals surface area contributed by atoms with Crippen LogP contribution in [0.3, 0.4) is 0 Å². The number of hydrogen-bond acceptors (Lipinski definition) is 6. The monoisotopic (exact) mass is 257 g/mol. The van der Waals surface area contributed by atoms with Gasteiger partial charge >= 0.3 is 0 Å². The molecule has 0 radical (unpaired) electrons. The van der Waals surface area contributed by atoms with E-state index in [-0.39, 0.29) is 23.6 Å². The number of ether oxygens (including phenoxy) is 3. The van der Waals surface area contributed by atoms with Gasteiger partial charge in [0.2, 0.25) is 0 Å². The molecule has 7 heteroatoms. The van der Waals surface area contributed by atoms with Crippen molar-refractivity contribution < 1.29 is 29.4 Å². The van der Waals surface area contributed by atoms with Gasteiger partial charge in [0.1, 0.15) is 6.61 Å². The summed E-state index contributed by atoms with van der Waals surface area (Å²) in [5.41, 5.74) is -0.0864. The second kappa shape index (κ2) is 6.92. The highest BCUT2D eigenvalue weighted by atomic mass is 16.8. The van der Waals surface area contributed by atoms with E-state index in [4.69, 9.17) is 19.4 Å². The number of quaternary nitrogens is 1. The van der Waals surface area contributed by atoms with E-state index in [0.717, 1.165) is 0 Å². The number of hydrogen-bond donors (Lipinski definition) is 2. The molecule has 2 N–H and O–H groups in total. The second-order valence-electron chi connectivity index (χ2n) is 3.35. The molecular formula is C11H15NO6. The van der Waals surface area contributed by atoms with Gasteiger partial charge in [-0.2, -0.15) is 5.23 Å². The largest absolute Gasteiger partial charge is 0.595 e. The first kappa shape index (κ1) is 14.4. The highest BCUT2D eigenvalue weighted by molar-refractivity contribution is 5.83. The predicted molar refractivity (Wildman–Crippen MR) is 61.5 cm³/mol. The molecule has 0 amide bonds. The summed E-state index contributed by atoms with van der Waals surface area (Å²) in [6.45, 7) is 0.618. The van der Waals surface area contributed by atoms with E-state index in [0.29, 0.717) is 18.6 Å². The summed E-state index contributed by atoms with van der Waals surface area (Å²) in [5.74, 6) is 0.566. The van der Waals surface area contributed by atoms with Crippen molar-refractivity contribution >= 4 is 12.0 Å². The van der Waals surface area contributed by atoms with Crippen molar-refractivity contribution in [3.05, 3.63) is 22.9 Å².